The van der Waals surface area contributed by atoms with E-state index in [0.29, 0.717) is 5.75 Å². The molecule has 1 unspecified atom stereocenters. The van der Waals surface area contributed by atoms with Crippen LogP contribution in [0.3, 0.4) is 0 Å². The van der Waals surface area contributed by atoms with Gasteiger partial charge >= 0.3 is 0 Å². The first-order valence-corrected chi connectivity index (χ1v) is 8.19. The molecule has 5 nitrogen and oxygen atoms in total. The second kappa shape index (κ2) is 5.69. The lowest BCUT2D eigenvalue weighted by Gasteiger charge is -2.33. The van der Waals surface area contributed by atoms with Crippen LogP contribution in [-0.4, -0.2) is 29.7 Å². The van der Waals surface area contributed by atoms with Gasteiger partial charge in [0.1, 0.15) is 0 Å². The van der Waals surface area contributed by atoms with Crippen LogP contribution in [0.15, 0.2) is 23.1 Å². The van der Waals surface area contributed by atoms with E-state index in [2.05, 4.69) is 16.0 Å². The molecular weight excluding hydrogens is 286 g/mol. The largest absolute Gasteiger partial charge is 0.324 e. The summed E-state index contributed by atoms with van der Waals surface area (Å²) in [5, 5.41) is 9.09. The number of nitrogens with one attached hydrogen (secondary N) is 3. The lowest BCUT2D eigenvalue weighted by atomic mass is 9.90. The number of piperidine rings is 1. The van der Waals surface area contributed by atoms with Crippen molar-refractivity contribution in [3.8, 4) is 0 Å². The summed E-state index contributed by atoms with van der Waals surface area (Å²) in [5.41, 5.74) is 0.984. The Balaban J connectivity index is 1.74. The average molecular weight is 305 g/mol. The molecule has 3 rings (SSSR count). The molecule has 21 heavy (non-hydrogen) atoms. The molecule has 0 radical (unpaired) electrons. The van der Waals surface area contributed by atoms with Crippen molar-refractivity contribution in [1.29, 1.82) is 0 Å². The zero-order valence-electron chi connectivity index (χ0n) is 12.0. The first-order valence-electron chi connectivity index (χ1n) is 7.20. The molecule has 2 aliphatic heterocycles. The number of benzene rings is 1. The Morgan fingerprint density at radius 1 is 1.38 bits per heavy atom. The summed E-state index contributed by atoms with van der Waals surface area (Å²) in [7, 11) is 0. The monoisotopic (exact) mass is 305 g/mol. The predicted octanol–water partition coefficient (Wildman–Crippen LogP) is 2.20. The minimum Gasteiger partial charge on any atom is -0.324 e. The minimum atomic E-state index is -0.508. The highest BCUT2D eigenvalue weighted by molar-refractivity contribution is 8.00. The fourth-order valence-electron chi connectivity index (χ4n) is 2.68. The third-order valence-electron chi connectivity index (χ3n) is 3.99. The Hall–Kier alpha value is -1.53. The standard InChI is InChI=1S/C15H19N3O2S/c1-15(6-2-3-7-16-15)14(20)17-10-4-5-12-11(8-10)18-13(19)9-21-12/h4-5,8,16H,2-3,6-7,9H2,1H3,(H,17,20)(H,18,19). The van der Waals surface area contributed by atoms with Crippen molar-refractivity contribution >= 4 is 35.0 Å². The van der Waals surface area contributed by atoms with Crippen LogP contribution in [0.4, 0.5) is 11.4 Å². The van der Waals surface area contributed by atoms with E-state index in [0.717, 1.165) is 42.1 Å². The quantitative estimate of drug-likeness (QED) is 0.783. The first kappa shape index (κ1) is 14.4. The fraction of sp³-hybridized carbons (Fsp3) is 0.467. The van der Waals surface area contributed by atoms with Gasteiger partial charge in [0.2, 0.25) is 11.8 Å². The summed E-state index contributed by atoms with van der Waals surface area (Å²) < 4.78 is 0. The topological polar surface area (TPSA) is 70.2 Å². The summed E-state index contributed by atoms with van der Waals surface area (Å²) in [6.45, 7) is 2.82. The van der Waals surface area contributed by atoms with Gasteiger partial charge in [0.25, 0.3) is 0 Å². The third-order valence-corrected chi connectivity index (χ3v) is 5.06. The van der Waals surface area contributed by atoms with Crippen molar-refractivity contribution in [2.75, 3.05) is 22.9 Å². The number of fused-ring (bicyclic) bond motifs is 1. The normalized spacial score (nSPS) is 24.9. The zero-order valence-corrected chi connectivity index (χ0v) is 12.8. The van der Waals surface area contributed by atoms with Crippen LogP contribution in [0.1, 0.15) is 26.2 Å². The first-order chi connectivity index (χ1) is 10.1. The molecule has 0 saturated carbocycles. The molecule has 112 valence electrons. The Kier molecular flexibility index (Phi) is 3.91. The van der Waals surface area contributed by atoms with Crippen LogP contribution in [0.2, 0.25) is 0 Å². The van der Waals surface area contributed by atoms with Crippen LogP contribution in [-0.2, 0) is 9.59 Å². The smallest absolute Gasteiger partial charge is 0.244 e. The molecule has 2 aliphatic rings. The molecule has 3 N–H and O–H groups in total. The summed E-state index contributed by atoms with van der Waals surface area (Å²) in [5.74, 6) is 0.426. The molecular formula is C15H19N3O2S. The van der Waals surface area contributed by atoms with E-state index in [4.69, 9.17) is 0 Å². The van der Waals surface area contributed by atoms with Crippen LogP contribution in [0.25, 0.3) is 0 Å². The molecule has 1 atom stereocenters. The van der Waals surface area contributed by atoms with Crippen LogP contribution >= 0.6 is 11.8 Å². The Bertz CT molecular complexity index is 582. The van der Waals surface area contributed by atoms with Gasteiger partial charge in [-0.2, -0.15) is 0 Å². The molecule has 0 aromatic heterocycles. The second-order valence-electron chi connectivity index (χ2n) is 5.72. The summed E-state index contributed by atoms with van der Waals surface area (Å²) in [4.78, 5) is 24.9. The average Bonchev–Trinajstić information content (AvgIpc) is 2.47. The molecule has 6 heteroatoms. The molecule has 1 aromatic rings. The van der Waals surface area contributed by atoms with E-state index in [1.165, 1.54) is 11.8 Å². The Labute approximate surface area is 128 Å². The van der Waals surface area contributed by atoms with Gasteiger partial charge in [0, 0.05) is 10.6 Å². The van der Waals surface area contributed by atoms with Crippen LogP contribution in [0.5, 0.6) is 0 Å². The number of hydrogen-bond donors (Lipinski definition) is 3. The van der Waals surface area contributed by atoms with Gasteiger partial charge < -0.3 is 16.0 Å². The highest BCUT2D eigenvalue weighted by Crippen LogP contribution is 2.33. The summed E-state index contributed by atoms with van der Waals surface area (Å²) >= 11 is 1.51. The van der Waals surface area contributed by atoms with Gasteiger partial charge in [0.05, 0.1) is 17.0 Å². The van der Waals surface area contributed by atoms with Crippen molar-refractivity contribution in [3.63, 3.8) is 0 Å². The van der Waals surface area contributed by atoms with Gasteiger partial charge in [-0.25, -0.2) is 0 Å². The predicted molar refractivity (Wildman–Crippen MR) is 84.7 cm³/mol. The molecule has 1 fully saturated rings. The number of anilines is 2. The molecule has 0 aliphatic carbocycles. The van der Waals surface area contributed by atoms with E-state index in [9.17, 15) is 9.59 Å². The van der Waals surface area contributed by atoms with E-state index in [-0.39, 0.29) is 11.8 Å². The molecule has 0 spiro atoms. The molecule has 0 bridgehead atoms. The van der Waals surface area contributed by atoms with Crippen LogP contribution < -0.4 is 16.0 Å². The van der Waals surface area contributed by atoms with Gasteiger partial charge in [-0.1, -0.05) is 0 Å². The number of hydrogen-bond acceptors (Lipinski definition) is 4. The second-order valence-corrected chi connectivity index (χ2v) is 6.74. The highest BCUT2D eigenvalue weighted by atomic mass is 32.2. The SMILES string of the molecule is CC1(C(=O)Nc2ccc3c(c2)NC(=O)CS3)CCCCN1. The van der Waals surface area contributed by atoms with E-state index in [1.807, 2.05) is 25.1 Å². The van der Waals surface area contributed by atoms with Gasteiger partial charge in [-0.15, -0.1) is 11.8 Å². The number of thioether (sulfide) groups is 1. The summed E-state index contributed by atoms with van der Waals surface area (Å²) in [6.07, 6.45) is 3.02. The summed E-state index contributed by atoms with van der Waals surface area (Å²) in [6, 6.07) is 5.64. The third kappa shape index (κ3) is 3.06. The number of amides is 2. The lowest BCUT2D eigenvalue weighted by Crippen LogP contribution is -2.54. The Morgan fingerprint density at radius 2 is 2.24 bits per heavy atom. The fourth-order valence-corrected chi connectivity index (χ4v) is 3.47. The minimum absolute atomic E-state index is 0.00288. The maximum Gasteiger partial charge on any atom is 0.244 e. The van der Waals surface area contributed by atoms with Gasteiger partial charge in [-0.05, 0) is 50.9 Å². The highest BCUT2D eigenvalue weighted by Gasteiger charge is 2.34. The lowest BCUT2D eigenvalue weighted by molar-refractivity contribution is -0.122. The maximum atomic E-state index is 12.5. The van der Waals surface area contributed by atoms with E-state index >= 15 is 0 Å². The van der Waals surface area contributed by atoms with Crippen molar-refractivity contribution in [3.05, 3.63) is 18.2 Å². The van der Waals surface area contributed by atoms with E-state index in [1.54, 1.807) is 0 Å². The number of carbonyl (C=O) groups is 2. The van der Waals surface area contributed by atoms with Gasteiger partial charge in [-0.3, -0.25) is 9.59 Å². The van der Waals surface area contributed by atoms with Crippen molar-refractivity contribution < 1.29 is 9.59 Å². The molecule has 2 heterocycles. The van der Waals surface area contributed by atoms with Crippen molar-refractivity contribution in [2.24, 2.45) is 0 Å². The maximum absolute atomic E-state index is 12.5. The molecule has 2 amide bonds. The zero-order chi connectivity index (χ0) is 14.9. The van der Waals surface area contributed by atoms with Crippen LogP contribution in [0, 0.1) is 0 Å². The molecule has 1 aromatic carbocycles. The number of rotatable bonds is 2. The number of carbonyl (C=O) groups excluding carboxylic acids is 2. The van der Waals surface area contributed by atoms with Crippen molar-refractivity contribution in [2.45, 2.75) is 36.6 Å². The molecule has 1 saturated heterocycles. The van der Waals surface area contributed by atoms with Gasteiger partial charge in [0.15, 0.2) is 0 Å². The Morgan fingerprint density at radius 3 is 3.00 bits per heavy atom. The van der Waals surface area contributed by atoms with E-state index < -0.39 is 5.54 Å². The van der Waals surface area contributed by atoms with Crippen molar-refractivity contribution in [1.82, 2.24) is 5.32 Å².